The Balaban J connectivity index is 1.98. The van der Waals surface area contributed by atoms with Crippen LogP contribution in [0.2, 0.25) is 0 Å². The van der Waals surface area contributed by atoms with Gasteiger partial charge in [0.05, 0.1) is 6.04 Å². The van der Waals surface area contributed by atoms with E-state index in [1.165, 1.54) is 16.7 Å². The Bertz CT molecular complexity index is 512. The highest BCUT2D eigenvalue weighted by molar-refractivity contribution is 5.75. The second kappa shape index (κ2) is 7.63. The average molecular weight is 304 g/mol. The van der Waals surface area contributed by atoms with E-state index in [4.69, 9.17) is 5.11 Å². The number of carbonyl (C=O) groups is 1. The third-order valence-corrected chi connectivity index (χ3v) is 4.51. The minimum absolute atomic E-state index is 0.00601. The number of hydrogen-bond acceptors (Lipinski definition) is 2. The van der Waals surface area contributed by atoms with E-state index in [9.17, 15) is 4.79 Å². The van der Waals surface area contributed by atoms with E-state index in [0.29, 0.717) is 6.04 Å². The zero-order valence-corrected chi connectivity index (χ0v) is 13.9. The summed E-state index contributed by atoms with van der Waals surface area (Å²) in [5.74, 6) is 0. The van der Waals surface area contributed by atoms with Crippen molar-refractivity contribution in [1.29, 1.82) is 0 Å². The molecule has 22 heavy (non-hydrogen) atoms. The Kier molecular flexibility index (Phi) is 5.83. The molecular formula is C18H28N2O2. The Morgan fingerprint density at radius 2 is 2.09 bits per heavy atom. The van der Waals surface area contributed by atoms with E-state index >= 15 is 0 Å². The van der Waals surface area contributed by atoms with Gasteiger partial charge in [-0.2, -0.15) is 0 Å². The van der Waals surface area contributed by atoms with Crippen LogP contribution in [0.4, 0.5) is 4.79 Å². The van der Waals surface area contributed by atoms with Crippen molar-refractivity contribution in [2.45, 2.75) is 58.5 Å². The number of carbonyl (C=O) groups excluding carboxylic acids is 1. The van der Waals surface area contributed by atoms with E-state index in [1.807, 2.05) is 17.9 Å². The molecule has 1 aliphatic rings. The lowest BCUT2D eigenvalue weighted by Crippen LogP contribution is -2.43. The van der Waals surface area contributed by atoms with Crippen LogP contribution in [0.25, 0.3) is 0 Å². The molecule has 4 nitrogen and oxygen atoms in total. The molecule has 4 heteroatoms. The third kappa shape index (κ3) is 4.23. The predicted molar refractivity (Wildman–Crippen MR) is 88.9 cm³/mol. The maximum Gasteiger partial charge on any atom is 0.318 e. The molecule has 1 atom stereocenters. The number of rotatable bonds is 7. The summed E-state index contributed by atoms with van der Waals surface area (Å²) in [5.41, 5.74) is 3.67. The Hall–Kier alpha value is -1.55. The number of aryl methyl sites for hydroxylation is 1. The van der Waals surface area contributed by atoms with Crippen LogP contribution >= 0.6 is 0 Å². The summed E-state index contributed by atoms with van der Waals surface area (Å²) in [7, 11) is 0. The molecule has 2 amide bonds. The van der Waals surface area contributed by atoms with Crippen LogP contribution in [-0.2, 0) is 0 Å². The molecule has 1 saturated carbocycles. The molecule has 0 bridgehead atoms. The number of amides is 2. The molecule has 1 unspecified atom stereocenters. The topological polar surface area (TPSA) is 52.6 Å². The second-order valence-corrected chi connectivity index (χ2v) is 6.32. The monoisotopic (exact) mass is 304 g/mol. The van der Waals surface area contributed by atoms with E-state index < -0.39 is 0 Å². The number of nitrogens with zero attached hydrogens (tertiary/aromatic N) is 1. The largest absolute Gasteiger partial charge is 0.396 e. The van der Waals surface area contributed by atoms with Gasteiger partial charge in [-0.1, -0.05) is 18.2 Å². The molecule has 0 radical (unpaired) electrons. The molecule has 0 heterocycles. The normalized spacial score (nSPS) is 15.5. The molecule has 1 aromatic rings. The lowest BCUT2D eigenvalue weighted by Gasteiger charge is -2.26. The number of aliphatic hydroxyl groups excluding tert-OH is 1. The summed E-state index contributed by atoms with van der Waals surface area (Å²) in [6, 6.07) is 6.64. The summed E-state index contributed by atoms with van der Waals surface area (Å²) in [6.45, 7) is 7.17. The van der Waals surface area contributed by atoms with Crippen LogP contribution in [-0.4, -0.2) is 35.2 Å². The summed E-state index contributed by atoms with van der Waals surface area (Å²) < 4.78 is 0. The van der Waals surface area contributed by atoms with E-state index in [-0.39, 0.29) is 18.7 Å². The van der Waals surface area contributed by atoms with Crippen LogP contribution in [0.5, 0.6) is 0 Å². The predicted octanol–water partition coefficient (Wildman–Crippen LogP) is 3.31. The van der Waals surface area contributed by atoms with Crippen molar-refractivity contribution in [3.8, 4) is 0 Å². The number of benzene rings is 1. The molecule has 1 aliphatic carbocycles. The smallest absolute Gasteiger partial charge is 0.318 e. The molecule has 2 N–H and O–H groups in total. The van der Waals surface area contributed by atoms with Gasteiger partial charge in [0.15, 0.2) is 0 Å². The molecule has 0 aliphatic heterocycles. The molecule has 1 aromatic carbocycles. The Morgan fingerprint density at radius 1 is 1.36 bits per heavy atom. The van der Waals surface area contributed by atoms with Gasteiger partial charge in [0.2, 0.25) is 0 Å². The lowest BCUT2D eigenvalue weighted by atomic mass is 9.98. The molecule has 0 aromatic heterocycles. The van der Waals surface area contributed by atoms with Crippen molar-refractivity contribution >= 4 is 6.03 Å². The highest BCUT2D eigenvalue weighted by Gasteiger charge is 2.32. The molecular weight excluding hydrogens is 276 g/mol. The van der Waals surface area contributed by atoms with Crippen molar-refractivity contribution in [2.24, 2.45) is 0 Å². The van der Waals surface area contributed by atoms with Crippen molar-refractivity contribution in [2.75, 3.05) is 13.2 Å². The first-order valence-corrected chi connectivity index (χ1v) is 8.28. The van der Waals surface area contributed by atoms with Crippen molar-refractivity contribution < 1.29 is 9.90 Å². The van der Waals surface area contributed by atoms with Gasteiger partial charge in [-0.25, -0.2) is 4.79 Å². The number of aliphatic hydroxyl groups is 1. The van der Waals surface area contributed by atoms with Gasteiger partial charge in [-0.05, 0) is 63.1 Å². The fourth-order valence-electron chi connectivity index (χ4n) is 2.82. The van der Waals surface area contributed by atoms with E-state index in [0.717, 1.165) is 32.2 Å². The first kappa shape index (κ1) is 16.8. The van der Waals surface area contributed by atoms with Crippen LogP contribution in [0.1, 0.15) is 55.3 Å². The molecule has 0 saturated heterocycles. The van der Waals surface area contributed by atoms with E-state index in [1.54, 1.807) is 0 Å². The minimum atomic E-state index is 0.00601. The maximum absolute atomic E-state index is 12.6. The van der Waals surface area contributed by atoms with Crippen LogP contribution in [0.15, 0.2) is 18.2 Å². The van der Waals surface area contributed by atoms with Gasteiger partial charge in [-0.3, -0.25) is 0 Å². The maximum atomic E-state index is 12.6. The first-order valence-electron chi connectivity index (χ1n) is 8.28. The summed E-state index contributed by atoms with van der Waals surface area (Å²) in [4.78, 5) is 14.5. The van der Waals surface area contributed by atoms with Gasteiger partial charge in [-0.15, -0.1) is 0 Å². The summed E-state index contributed by atoms with van der Waals surface area (Å²) in [5, 5.41) is 12.0. The zero-order chi connectivity index (χ0) is 16.1. The van der Waals surface area contributed by atoms with Gasteiger partial charge in [0, 0.05) is 19.2 Å². The highest BCUT2D eigenvalue weighted by atomic mass is 16.3. The second-order valence-electron chi connectivity index (χ2n) is 6.32. The fourth-order valence-corrected chi connectivity index (χ4v) is 2.82. The molecule has 122 valence electrons. The minimum Gasteiger partial charge on any atom is -0.396 e. The van der Waals surface area contributed by atoms with Gasteiger partial charge in [0.1, 0.15) is 0 Å². The number of unbranched alkanes of at least 4 members (excludes halogenated alkanes) is 1. The Morgan fingerprint density at radius 3 is 2.73 bits per heavy atom. The SMILES string of the molecule is Cc1cccc(C(C)NC(=O)N(CCCCO)C2CC2)c1C. The fraction of sp³-hybridized carbons (Fsp3) is 0.611. The molecule has 2 rings (SSSR count). The Labute approximate surface area is 133 Å². The van der Waals surface area contributed by atoms with Crippen LogP contribution in [0.3, 0.4) is 0 Å². The number of nitrogens with one attached hydrogen (secondary N) is 1. The number of urea groups is 1. The van der Waals surface area contributed by atoms with E-state index in [2.05, 4.69) is 31.3 Å². The van der Waals surface area contributed by atoms with Gasteiger partial charge >= 0.3 is 6.03 Å². The van der Waals surface area contributed by atoms with Crippen molar-refractivity contribution in [1.82, 2.24) is 10.2 Å². The molecule has 0 spiro atoms. The average Bonchev–Trinajstić information content (AvgIpc) is 3.30. The lowest BCUT2D eigenvalue weighted by molar-refractivity contribution is 0.187. The molecule has 1 fully saturated rings. The number of hydrogen-bond donors (Lipinski definition) is 2. The van der Waals surface area contributed by atoms with Crippen molar-refractivity contribution in [3.63, 3.8) is 0 Å². The highest BCUT2D eigenvalue weighted by Crippen LogP contribution is 2.28. The summed E-state index contributed by atoms with van der Waals surface area (Å²) in [6.07, 6.45) is 3.82. The van der Waals surface area contributed by atoms with Crippen LogP contribution < -0.4 is 5.32 Å². The third-order valence-electron chi connectivity index (χ3n) is 4.51. The first-order chi connectivity index (χ1) is 10.5. The van der Waals surface area contributed by atoms with Gasteiger partial charge < -0.3 is 15.3 Å². The standard InChI is InChI=1S/C18H28N2O2/c1-13-7-6-8-17(14(13)2)15(3)19-18(22)20(16-9-10-16)11-4-5-12-21/h6-8,15-16,21H,4-5,9-12H2,1-3H3,(H,19,22). The van der Waals surface area contributed by atoms with Crippen molar-refractivity contribution in [3.05, 3.63) is 34.9 Å². The van der Waals surface area contributed by atoms with Crippen LogP contribution in [0, 0.1) is 13.8 Å². The quantitative estimate of drug-likeness (QED) is 0.759. The zero-order valence-electron chi connectivity index (χ0n) is 13.9. The summed E-state index contributed by atoms with van der Waals surface area (Å²) >= 11 is 0. The van der Waals surface area contributed by atoms with Gasteiger partial charge in [0.25, 0.3) is 0 Å².